The van der Waals surface area contributed by atoms with Gasteiger partial charge in [0.25, 0.3) is 0 Å². The van der Waals surface area contributed by atoms with Crippen molar-refractivity contribution < 1.29 is 17.9 Å². The first-order chi connectivity index (χ1) is 14.8. The molecule has 2 bridgehead atoms. The van der Waals surface area contributed by atoms with Crippen molar-refractivity contribution in [1.29, 1.82) is 0 Å². The van der Waals surface area contributed by atoms with Crippen LogP contribution in [0.25, 0.3) is 11.0 Å². The molecular formula is C22H22F3N5O. The lowest BCUT2D eigenvalue weighted by Crippen LogP contribution is -2.57. The van der Waals surface area contributed by atoms with E-state index in [4.69, 9.17) is 4.74 Å². The number of halogens is 3. The molecule has 9 heteroatoms. The molecule has 3 aromatic rings. The molecule has 3 saturated heterocycles. The Balaban J connectivity index is 1.46. The molecule has 0 amide bonds. The molecule has 31 heavy (non-hydrogen) atoms. The van der Waals surface area contributed by atoms with Gasteiger partial charge in [-0.25, -0.2) is 4.98 Å². The van der Waals surface area contributed by atoms with Gasteiger partial charge in [0.15, 0.2) is 5.65 Å². The van der Waals surface area contributed by atoms with Crippen molar-refractivity contribution in [3.05, 3.63) is 53.3 Å². The molecule has 1 N–H and O–H groups in total. The van der Waals surface area contributed by atoms with Crippen molar-refractivity contribution in [2.45, 2.75) is 44.7 Å². The molecule has 2 aromatic heterocycles. The minimum atomic E-state index is -4.39. The van der Waals surface area contributed by atoms with Gasteiger partial charge in [-0.2, -0.15) is 18.3 Å². The number of alkyl halides is 3. The number of anilines is 2. The summed E-state index contributed by atoms with van der Waals surface area (Å²) in [5.41, 5.74) is 2.32. The largest absolute Gasteiger partial charge is 0.416 e. The van der Waals surface area contributed by atoms with Gasteiger partial charge in [-0.05, 0) is 37.1 Å². The third kappa shape index (κ3) is 3.67. The van der Waals surface area contributed by atoms with Crippen LogP contribution >= 0.6 is 0 Å². The second-order valence-electron chi connectivity index (χ2n) is 8.23. The maximum Gasteiger partial charge on any atom is 0.416 e. The molecule has 0 spiro atoms. The Bertz CT molecular complexity index is 1120. The average Bonchev–Trinajstić information content (AvgIpc) is 2.72. The topological polar surface area (TPSA) is 63.2 Å². The van der Waals surface area contributed by atoms with Crippen molar-refractivity contribution in [3.8, 4) is 0 Å². The fraction of sp³-hybridized carbons (Fsp3) is 0.409. The molecule has 1 aromatic carbocycles. The quantitative estimate of drug-likeness (QED) is 0.659. The van der Waals surface area contributed by atoms with Gasteiger partial charge >= 0.3 is 6.18 Å². The molecule has 3 aliphatic rings. The highest BCUT2D eigenvalue weighted by Crippen LogP contribution is 2.36. The summed E-state index contributed by atoms with van der Waals surface area (Å²) in [5, 5.41) is 12.2. The summed E-state index contributed by atoms with van der Waals surface area (Å²) >= 11 is 0. The summed E-state index contributed by atoms with van der Waals surface area (Å²) in [6.45, 7) is 4.99. The minimum absolute atomic E-state index is 0.215. The minimum Gasteiger partial charge on any atom is -0.377 e. The second kappa shape index (κ2) is 7.33. The molecule has 0 aliphatic carbocycles. The number of ether oxygens (including phenoxy) is 1. The smallest absolute Gasteiger partial charge is 0.377 e. The normalized spacial score (nSPS) is 21.6. The van der Waals surface area contributed by atoms with E-state index in [1.54, 1.807) is 18.5 Å². The third-order valence-electron chi connectivity index (χ3n) is 6.13. The molecule has 0 radical (unpaired) electrons. The fourth-order valence-electron chi connectivity index (χ4n) is 4.53. The predicted octanol–water partition coefficient (Wildman–Crippen LogP) is 4.50. The Hall–Kier alpha value is -2.94. The number of fused-ring (bicyclic) bond motifs is 3. The van der Waals surface area contributed by atoms with Crippen molar-refractivity contribution in [2.75, 3.05) is 23.3 Å². The molecular weight excluding hydrogens is 407 g/mol. The van der Waals surface area contributed by atoms with Crippen LogP contribution in [0.4, 0.5) is 24.5 Å². The number of morpholine rings is 1. The van der Waals surface area contributed by atoms with Crippen LogP contribution < -0.4 is 10.2 Å². The van der Waals surface area contributed by atoms with Gasteiger partial charge in [0.2, 0.25) is 0 Å². The zero-order valence-corrected chi connectivity index (χ0v) is 17.1. The Morgan fingerprint density at radius 2 is 1.94 bits per heavy atom. The Morgan fingerprint density at radius 1 is 1.19 bits per heavy atom. The maximum atomic E-state index is 13.3. The number of benzene rings is 1. The number of nitrogens with zero attached hydrogens (tertiary/aromatic N) is 4. The second-order valence-corrected chi connectivity index (χ2v) is 8.23. The van der Waals surface area contributed by atoms with E-state index in [9.17, 15) is 13.2 Å². The summed E-state index contributed by atoms with van der Waals surface area (Å²) in [6, 6.07) is 5.90. The average molecular weight is 429 g/mol. The number of pyridine rings is 1. The molecule has 2 unspecified atom stereocenters. The Labute approximate surface area is 177 Å². The van der Waals surface area contributed by atoms with Crippen LogP contribution in [0.1, 0.15) is 36.1 Å². The molecule has 3 fully saturated rings. The first kappa shape index (κ1) is 20.0. The molecule has 3 atom stereocenters. The molecule has 162 valence electrons. The number of rotatable bonds is 4. The van der Waals surface area contributed by atoms with E-state index in [0.717, 1.165) is 36.7 Å². The van der Waals surface area contributed by atoms with E-state index in [0.29, 0.717) is 16.9 Å². The lowest BCUT2D eigenvalue weighted by molar-refractivity contribution is -0.138. The Kier molecular flexibility index (Phi) is 4.73. The van der Waals surface area contributed by atoms with E-state index in [1.165, 1.54) is 13.0 Å². The molecule has 3 aliphatic heterocycles. The Morgan fingerprint density at radius 3 is 2.65 bits per heavy atom. The highest BCUT2D eigenvalue weighted by Gasteiger charge is 2.38. The number of piperidine rings is 1. The van der Waals surface area contributed by atoms with Gasteiger partial charge in [-0.1, -0.05) is 12.1 Å². The van der Waals surface area contributed by atoms with Gasteiger partial charge in [0.1, 0.15) is 0 Å². The van der Waals surface area contributed by atoms with Crippen LogP contribution in [-0.4, -0.2) is 40.5 Å². The van der Waals surface area contributed by atoms with Crippen molar-refractivity contribution in [1.82, 2.24) is 15.2 Å². The van der Waals surface area contributed by atoms with Crippen LogP contribution in [0, 0.1) is 6.92 Å². The highest BCUT2D eigenvalue weighted by atomic mass is 19.4. The van der Waals surface area contributed by atoms with Crippen LogP contribution in [0.2, 0.25) is 0 Å². The first-order valence-electron chi connectivity index (χ1n) is 10.2. The highest BCUT2D eigenvalue weighted by molar-refractivity contribution is 5.90. The molecule has 0 saturated carbocycles. The van der Waals surface area contributed by atoms with Gasteiger partial charge < -0.3 is 15.0 Å². The zero-order valence-electron chi connectivity index (χ0n) is 17.1. The van der Waals surface area contributed by atoms with E-state index in [-0.39, 0.29) is 23.8 Å². The number of aromatic nitrogens is 3. The molecule has 6 nitrogen and oxygen atoms in total. The van der Waals surface area contributed by atoms with Crippen molar-refractivity contribution in [2.24, 2.45) is 0 Å². The SMILES string of the molecule is Cc1c([C@@H](C)Nc2cnnc3ncc(N4CC5CC(C4)O5)cc23)cccc1C(F)(F)F. The summed E-state index contributed by atoms with van der Waals surface area (Å²) in [4.78, 5) is 6.71. The monoisotopic (exact) mass is 429 g/mol. The van der Waals surface area contributed by atoms with Gasteiger partial charge in [-0.3, -0.25) is 0 Å². The van der Waals surface area contributed by atoms with E-state index in [2.05, 4.69) is 25.4 Å². The predicted molar refractivity (Wildman–Crippen MR) is 111 cm³/mol. The standard InChI is InChI=1S/C22H22F3N5O/c1-12-17(4-3-5-19(12)22(23,24)25)13(2)28-20-9-27-29-21-18(20)6-14(8-26-21)30-10-15-7-16(11-30)31-15/h3-6,8-9,13,15-16H,7,10-11H2,1-2H3,(H,26,28,29)/t13-,15?,16?/m1/s1. The third-order valence-corrected chi connectivity index (χ3v) is 6.13. The van der Waals surface area contributed by atoms with Crippen LogP contribution in [-0.2, 0) is 10.9 Å². The first-order valence-corrected chi connectivity index (χ1v) is 10.2. The molecule has 6 rings (SSSR count). The summed E-state index contributed by atoms with van der Waals surface area (Å²) in [5.74, 6) is 0. The van der Waals surface area contributed by atoms with Crippen LogP contribution in [0.5, 0.6) is 0 Å². The van der Waals surface area contributed by atoms with E-state index >= 15 is 0 Å². The summed E-state index contributed by atoms with van der Waals surface area (Å²) in [7, 11) is 0. The van der Waals surface area contributed by atoms with Gasteiger partial charge in [0, 0.05) is 30.9 Å². The molecule has 5 heterocycles. The summed E-state index contributed by atoms with van der Waals surface area (Å²) < 4.78 is 45.7. The van der Waals surface area contributed by atoms with E-state index < -0.39 is 11.7 Å². The maximum absolute atomic E-state index is 13.3. The fourth-order valence-corrected chi connectivity index (χ4v) is 4.53. The van der Waals surface area contributed by atoms with E-state index in [1.807, 2.05) is 13.0 Å². The van der Waals surface area contributed by atoms with Crippen LogP contribution in [0.15, 0.2) is 36.7 Å². The van der Waals surface area contributed by atoms with Crippen molar-refractivity contribution >= 4 is 22.4 Å². The van der Waals surface area contributed by atoms with Crippen LogP contribution in [0.3, 0.4) is 0 Å². The lowest BCUT2D eigenvalue weighted by atomic mass is 9.97. The lowest BCUT2D eigenvalue weighted by Gasteiger charge is -2.47. The summed E-state index contributed by atoms with van der Waals surface area (Å²) in [6.07, 6.45) is 0.625. The number of nitrogens with one attached hydrogen (secondary N) is 1. The van der Waals surface area contributed by atoms with Crippen molar-refractivity contribution in [3.63, 3.8) is 0 Å². The van der Waals surface area contributed by atoms with Gasteiger partial charge in [0.05, 0.1) is 41.5 Å². The number of hydrogen-bond acceptors (Lipinski definition) is 6. The van der Waals surface area contributed by atoms with Gasteiger partial charge in [-0.15, -0.1) is 5.10 Å². The number of hydrogen-bond donors (Lipinski definition) is 1. The zero-order chi connectivity index (χ0) is 21.8.